The van der Waals surface area contributed by atoms with Gasteiger partial charge in [-0.15, -0.1) is 0 Å². The van der Waals surface area contributed by atoms with Crippen LogP contribution >= 0.6 is 12.2 Å². The van der Waals surface area contributed by atoms with E-state index in [1.54, 1.807) is 24.3 Å². The Bertz CT molecular complexity index is 877. The van der Waals surface area contributed by atoms with Crippen molar-refractivity contribution in [3.05, 3.63) is 65.2 Å². The molecule has 2 aromatic rings. The average molecular weight is 440 g/mol. The molecule has 0 bridgehead atoms. The largest absolute Gasteiger partial charge is 0.352 e. The Morgan fingerprint density at radius 2 is 1.61 bits per heavy atom. The lowest BCUT2D eigenvalue weighted by Crippen LogP contribution is -2.36. The molecule has 0 fully saturated rings. The third-order valence-corrected chi connectivity index (χ3v) is 5.18. The maximum absolute atomic E-state index is 12.6. The van der Waals surface area contributed by atoms with Crippen LogP contribution in [0, 0.1) is 5.92 Å². The third-order valence-electron chi connectivity index (χ3n) is 4.97. The van der Waals surface area contributed by atoms with Gasteiger partial charge in [0.15, 0.2) is 5.11 Å². The second-order valence-corrected chi connectivity index (χ2v) is 8.60. The van der Waals surface area contributed by atoms with Gasteiger partial charge in [-0.1, -0.05) is 51.5 Å². The van der Waals surface area contributed by atoms with Crippen molar-refractivity contribution in [2.75, 3.05) is 11.9 Å². The molecule has 0 spiro atoms. The van der Waals surface area contributed by atoms with E-state index in [0.717, 1.165) is 24.8 Å². The monoisotopic (exact) mass is 439 g/mol. The summed E-state index contributed by atoms with van der Waals surface area (Å²) in [6.07, 6.45) is 3.02. The quantitative estimate of drug-likeness (QED) is 0.378. The smallest absolute Gasteiger partial charge is 0.251 e. The van der Waals surface area contributed by atoms with Crippen LogP contribution in [-0.2, 0) is 11.2 Å². The molecular weight excluding hydrogens is 406 g/mol. The van der Waals surface area contributed by atoms with Crippen LogP contribution in [0.4, 0.5) is 5.69 Å². The number of thiocarbonyl (C=S) groups is 1. The number of anilines is 1. The molecule has 0 radical (unpaired) electrons. The fourth-order valence-electron chi connectivity index (χ4n) is 3.13. The number of carbonyl (C=O) groups is 2. The van der Waals surface area contributed by atoms with Crippen molar-refractivity contribution < 1.29 is 9.59 Å². The minimum absolute atomic E-state index is 0.0934. The molecule has 6 heteroatoms. The molecular formula is C25H33N3O2S. The Morgan fingerprint density at radius 3 is 2.19 bits per heavy atom. The molecule has 0 saturated carbocycles. The van der Waals surface area contributed by atoms with Gasteiger partial charge in [-0.05, 0) is 73.3 Å². The van der Waals surface area contributed by atoms with E-state index in [-0.39, 0.29) is 22.8 Å². The van der Waals surface area contributed by atoms with Crippen molar-refractivity contribution >= 4 is 34.8 Å². The van der Waals surface area contributed by atoms with Gasteiger partial charge < -0.3 is 16.0 Å². The van der Waals surface area contributed by atoms with Crippen molar-refractivity contribution in [1.82, 2.24) is 10.6 Å². The van der Waals surface area contributed by atoms with Gasteiger partial charge in [0.25, 0.3) is 5.91 Å². The van der Waals surface area contributed by atoms with Crippen molar-refractivity contribution in [1.29, 1.82) is 0 Å². The van der Waals surface area contributed by atoms with E-state index >= 15 is 0 Å². The van der Waals surface area contributed by atoms with Crippen molar-refractivity contribution in [3.8, 4) is 0 Å². The Balaban J connectivity index is 1.87. The van der Waals surface area contributed by atoms with E-state index in [1.165, 1.54) is 5.56 Å². The Labute approximate surface area is 191 Å². The number of carbonyl (C=O) groups excluding carboxylic acids is 2. The molecule has 166 valence electrons. The molecule has 2 amide bonds. The first-order valence-electron chi connectivity index (χ1n) is 10.9. The lowest BCUT2D eigenvalue weighted by atomic mass is 9.96. The molecule has 3 N–H and O–H groups in total. The number of hydrogen-bond donors (Lipinski definition) is 3. The lowest BCUT2D eigenvalue weighted by Gasteiger charge is -2.15. The molecule has 0 heterocycles. The number of nitrogens with one attached hydrogen (secondary N) is 3. The van der Waals surface area contributed by atoms with Gasteiger partial charge >= 0.3 is 0 Å². The molecule has 5 nitrogen and oxygen atoms in total. The first-order chi connectivity index (χ1) is 14.8. The normalized spacial score (nSPS) is 11.6. The summed E-state index contributed by atoms with van der Waals surface area (Å²) >= 11 is 5.28. The van der Waals surface area contributed by atoms with E-state index in [9.17, 15) is 9.59 Å². The van der Waals surface area contributed by atoms with Crippen molar-refractivity contribution in [3.63, 3.8) is 0 Å². The first kappa shape index (κ1) is 24.5. The molecule has 0 saturated heterocycles. The summed E-state index contributed by atoms with van der Waals surface area (Å²) < 4.78 is 0. The van der Waals surface area contributed by atoms with Crippen molar-refractivity contribution in [2.45, 2.75) is 52.9 Å². The van der Waals surface area contributed by atoms with Crippen LogP contribution in [0.25, 0.3) is 0 Å². The van der Waals surface area contributed by atoms with Crippen molar-refractivity contribution in [2.24, 2.45) is 5.92 Å². The lowest BCUT2D eigenvalue weighted by molar-refractivity contribution is -0.120. The van der Waals surface area contributed by atoms with Crippen LogP contribution in [0.3, 0.4) is 0 Å². The summed E-state index contributed by atoms with van der Waals surface area (Å²) in [6, 6.07) is 15.2. The van der Waals surface area contributed by atoms with Gasteiger partial charge in [0.05, 0.1) is 5.92 Å². The second-order valence-electron chi connectivity index (χ2n) is 8.19. The van der Waals surface area contributed by atoms with Crippen LogP contribution < -0.4 is 16.0 Å². The zero-order chi connectivity index (χ0) is 22.8. The summed E-state index contributed by atoms with van der Waals surface area (Å²) in [4.78, 5) is 24.7. The average Bonchev–Trinajstić information content (AvgIpc) is 2.74. The molecule has 1 unspecified atom stereocenters. The van der Waals surface area contributed by atoms with Gasteiger partial charge in [-0.3, -0.25) is 9.59 Å². The number of rotatable bonds is 9. The highest BCUT2D eigenvalue weighted by Gasteiger charge is 2.16. The van der Waals surface area contributed by atoms with Gasteiger partial charge in [-0.25, -0.2) is 0 Å². The number of benzene rings is 2. The maximum atomic E-state index is 12.6. The SMILES string of the molecule is CCCCNC(=O)c1ccc(NC(=S)NC(=O)C(C)c2ccc(CC(C)C)cc2)cc1. The van der Waals surface area contributed by atoms with Crippen LogP contribution in [0.1, 0.15) is 67.9 Å². The molecule has 2 rings (SSSR count). The second kappa shape index (κ2) is 12.2. The summed E-state index contributed by atoms with van der Waals surface area (Å²) in [5, 5.41) is 8.86. The van der Waals surface area contributed by atoms with E-state index in [2.05, 4.69) is 48.9 Å². The van der Waals surface area contributed by atoms with Gasteiger partial charge in [0.1, 0.15) is 0 Å². The number of unbranched alkanes of at least 4 members (excludes halogenated alkanes) is 1. The molecule has 31 heavy (non-hydrogen) atoms. The minimum Gasteiger partial charge on any atom is -0.352 e. The fourth-order valence-corrected chi connectivity index (χ4v) is 3.35. The maximum Gasteiger partial charge on any atom is 0.251 e. The van der Waals surface area contributed by atoms with E-state index in [1.807, 2.05) is 19.1 Å². The highest BCUT2D eigenvalue weighted by molar-refractivity contribution is 7.80. The van der Waals surface area contributed by atoms with E-state index in [0.29, 0.717) is 23.7 Å². The topological polar surface area (TPSA) is 70.2 Å². The summed E-state index contributed by atoms with van der Waals surface area (Å²) in [6.45, 7) is 8.99. The molecule has 2 aromatic carbocycles. The van der Waals surface area contributed by atoms with Crippen LogP contribution in [0.2, 0.25) is 0 Å². The predicted octanol–water partition coefficient (Wildman–Crippen LogP) is 5.03. The molecule has 0 aliphatic carbocycles. The summed E-state index contributed by atoms with van der Waals surface area (Å²) in [5.41, 5.74) is 3.52. The van der Waals surface area contributed by atoms with E-state index < -0.39 is 0 Å². The Morgan fingerprint density at radius 1 is 0.968 bits per heavy atom. The predicted molar refractivity (Wildman–Crippen MR) is 131 cm³/mol. The minimum atomic E-state index is -0.318. The van der Waals surface area contributed by atoms with Gasteiger partial charge in [-0.2, -0.15) is 0 Å². The Hall–Kier alpha value is -2.73. The summed E-state index contributed by atoms with van der Waals surface area (Å²) in [7, 11) is 0. The molecule has 0 aromatic heterocycles. The van der Waals surface area contributed by atoms with Gasteiger partial charge in [0.2, 0.25) is 5.91 Å². The Kier molecular flexibility index (Phi) is 9.66. The third kappa shape index (κ3) is 8.13. The zero-order valence-corrected chi connectivity index (χ0v) is 19.6. The van der Waals surface area contributed by atoms with Crippen LogP contribution in [0.15, 0.2) is 48.5 Å². The zero-order valence-electron chi connectivity index (χ0n) is 18.8. The van der Waals surface area contributed by atoms with Crippen LogP contribution in [-0.4, -0.2) is 23.5 Å². The highest BCUT2D eigenvalue weighted by Crippen LogP contribution is 2.18. The molecule has 0 aliphatic heterocycles. The van der Waals surface area contributed by atoms with E-state index in [4.69, 9.17) is 12.2 Å². The molecule has 0 aliphatic rings. The van der Waals surface area contributed by atoms with Crippen LogP contribution in [0.5, 0.6) is 0 Å². The standard InChI is InChI=1S/C25H33N3O2S/c1-5-6-15-26-24(30)21-11-13-22(14-12-21)27-25(31)28-23(29)18(4)20-9-7-19(8-10-20)16-17(2)3/h7-14,17-18H,5-6,15-16H2,1-4H3,(H,26,30)(H2,27,28,29,31). The van der Waals surface area contributed by atoms with Gasteiger partial charge in [0, 0.05) is 17.8 Å². The highest BCUT2D eigenvalue weighted by atomic mass is 32.1. The molecule has 1 atom stereocenters. The first-order valence-corrected chi connectivity index (χ1v) is 11.3. The fraction of sp³-hybridized carbons (Fsp3) is 0.400. The number of hydrogen-bond acceptors (Lipinski definition) is 3. The number of amides is 2. The summed E-state index contributed by atoms with van der Waals surface area (Å²) in [5.74, 6) is 0.0201.